The van der Waals surface area contributed by atoms with Gasteiger partial charge in [-0.2, -0.15) is 0 Å². The first-order chi connectivity index (χ1) is 5.77. The fourth-order valence-corrected chi connectivity index (χ4v) is 1.78. The third-order valence-corrected chi connectivity index (χ3v) is 2.63. The van der Waals surface area contributed by atoms with Crippen LogP contribution in [0.1, 0.15) is 26.2 Å². The lowest BCUT2D eigenvalue weighted by molar-refractivity contribution is 0.0251. The predicted octanol–water partition coefficient (Wildman–Crippen LogP) is 1.53. The van der Waals surface area contributed by atoms with Crippen molar-refractivity contribution in [3.8, 4) is 0 Å². The highest BCUT2D eigenvalue weighted by atomic mass is 16.5. The molecule has 1 rings (SSSR count). The number of carbonyl (C=O) groups excluding carboxylic acids is 1. The normalized spacial score (nSPS) is 35.7. The van der Waals surface area contributed by atoms with E-state index in [9.17, 15) is 4.79 Å². The van der Waals surface area contributed by atoms with Gasteiger partial charge < -0.3 is 4.74 Å². The molecule has 3 unspecified atom stereocenters. The number of ether oxygens (including phenoxy) is 1. The molecule has 1 fully saturated rings. The molecule has 1 saturated carbocycles. The van der Waals surface area contributed by atoms with Gasteiger partial charge in [0.1, 0.15) is 0 Å². The quantitative estimate of drug-likeness (QED) is 0.464. The van der Waals surface area contributed by atoms with Gasteiger partial charge in [0.15, 0.2) is 0 Å². The van der Waals surface area contributed by atoms with Crippen molar-refractivity contribution >= 4 is 6.08 Å². The van der Waals surface area contributed by atoms with Crippen LogP contribution in [0.25, 0.3) is 0 Å². The summed E-state index contributed by atoms with van der Waals surface area (Å²) in [5.41, 5.74) is 0. The standard InChI is InChI=1S/C9H15NO2/c1-7-3-4-8(10-6-11)5-9(7)12-2/h7-9H,3-5H2,1-2H3. The van der Waals surface area contributed by atoms with E-state index >= 15 is 0 Å². The fourth-order valence-electron chi connectivity index (χ4n) is 1.78. The van der Waals surface area contributed by atoms with E-state index in [1.165, 1.54) is 0 Å². The Morgan fingerprint density at radius 2 is 2.25 bits per heavy atom. The van der Waals surface area contributed by atoms with Crippen LogP contribution < -0.4 is 0 Å². The van der Waals surface area contributed by atoms with E-state index in [1.807, 2.05) is 0 Å². The number of methoxy groups -OCH3 is 1. The van der Waals surface area contributed by atoms with Crippen molar-refractivity contribution in [1.29, 1.82) is 0 Å². The van der Waals surface area contributed by atoms with Crippen molar-refractivity contribution in [2.45, 2.75) is 38.3 Å². The number of hydrogen-bond donors (Lipinski definition) is 0. The SMILES string of the molecule is COC1CC(N=C=O)CCC1C. The Morgan fingerprint density at radius 1 is 1.50 bits per heavy atom. The summed E-state index contributed by atoms with van der Waals surface area (Å²) in [7, 11) is 1.72. The molecule has 0 amide bonds. The molecular formula is C9H15NO2. The fraction of sp³-hybridized carbons (Fsp3) is 0.889. The van der Waals surface area contributed by atoms with Crippen molar-refractivity contribution in [1.82, 2.24) is 0 Å². The Kier molecular flexibility index (Phi) is 3.45. The molecule has 0 N–H and O–H groups in total. The van der Waals surface area contributed by atoms with Crippen molar-refractivity contribution < 1.29 is 9.53 Å². The highest BCUT2D eigenvalue weighted by Crippen LogP contribution is 2.27. The summed E-state index contributed by atoms with van der Waals surface area (Å²) >= 11 is 0. The number of hydrogen-bond acceptors (Lipinski definition) is 3. The van der Waals surface area contributed by atoms with Crippen LogP contribution >= 0.6 is 0 Å². The molecule has 0 aromatic carbocycles. The Balaban J connectivity index is 2.49. The van der Waals surface area contributed by atoms with E-state index in [2.05, 4.69) is 11.9 Å². The highest BCUT2D eigenvalue weighted by Gasteiger charge is 2.27. The summed E-state index contributed by atoms with van der Waals surface area (Å²) in [6.45, 7) is 2.18. The summed E-state index contributed by atoms with van der Waals surface area (Å²) in [6.07, 6.45) is 4.84. The first-order valence-corrected chi connectivity index (χ1v) is 4.37. The minimum absolute atomic E-state index is 0.142. The summed E-state index contributed by atoms with van der Waals surface area (Å²) in [6, 6.07) is 0.142. The molecule has 12 heavy (non-hydrogen) atoms. The first kappa shape index (κ1) is 9.43. The van der Waals surface area contributed by atoms with Crippen LogP contribution in [0.4, 0.5) is 0 Å². The first-order valence-electron chi connectivity index (χ1n) is 4.37. The molecule has 3 atom stereocenters. The van der Waals surface area contributed by atoms with E-state index in [0.717, 1.165) is 19.3 Å². The number of aliphatic imine (C=N–C) groups is 1. The Hall–Kier alpha value is -0.660. The largest absolute Gasteiger partial charge is 0.381 e. The summed E-state index contributed by atoms with van der Waals surface area (Å²) in [4.78, 5) is 13.7. The zero-order valence-electron chi connectivity index (χ0n) is 7.62. The molecule has 0 saturated heterocycles. The van der Waals surface area contributed by atoms with Crippen molar-refractivity contribution in [2.75, 3.05) is 7.11 Å². The van der Waals surface area contributed by atoms with E-state index < -0.39 is 0 Å². The molecule has 1 aliphatic carbocycles. The topological polar surface area (TPSA) is 38.7 Å². The van der Waals surface area contributed by atoms with Crippen LogP contribution in [0.5, 0.6) is 0 Å². The van der Waals surface area contributed by atoms with Gasteiger partial charge in [-0.05, 0) is 25.2 Å². The Labute approximate surface area is 72.8 Å². The predicted molar refractivity (Wildman–Crippen MR) is 45.7 cm³/mol. The average Bonchev–Trinajstić information content (AvgIpc) is 2.09. The van der Waals surface area contributed by atoms with Gasteiger partial charge in [-0.25, -0.2) is 9.79 Å². The zero-order valence-corrected chi connectivity index (χ0v) is 7.62. The maximum atomic E-state index is 10.0. The summed E-state index contributed by atoms with van der Waals surface area (Å²) in [5.74, 6) is 0.591. The van der Waals surface area contributed by atoms with Crippen LogP contribution in [0.3, 0.4) is 0 Å². The van der Waals surface area contributed by atoms with Gasteiger partial charge in [0.05, 0.1) is 12.1 Å². The van der Waals surface area contributed by atoms with Crippen molar-refractivity contribution in [3.63, 3.8) is 0 Å². The molecule has 3 heteroatoms. The summed E-state index contributed by atoms with van der Waals surface area (Å²) < 4.78 is 5.29. The second kappa shape index (κ2) is 4.39. The second-order valence-electron chi connectivity index (χ2n) is 3.44. The molecule has 1 aliphatic rings. The average molecular weight is 169 g/mol. The van der Waals surface area contributed by atoms with Crippen LogP contribution in [0.15, 0.2) is 4.99 Å². The van der Waals surface area contributed by atoms with Crippen molar-refractivity contribution in [2.24, 2.45) is 10.9 Å². The van der Waals surface area contributed by atoms with Gasteiger partial charge in [-0.3, -0.25) is 0 Å². The molecule has 0 heterocycles. The van der Waals surface area contributed by atoms with E-state index in [-0.39, 0.29) is 12.1 Å². The zero-order chi connectivity index (χ0) is 8.97. The second-order valence-corrected chi connectivity index (χ2v) is 3.44. The Morgan fingerprint density at radius 3 is 2.83 bits per heavy atom. The molecule has 0 aromatic rings. The molecule has 0 aromatic heterocycles. The monoisotopic (exact) mass is 169 g/mol. The smallest absolute Gasteiger partial charge is 0.235 e. The molecule has 0 spiro atoms. The molecule has 0 radical (unpaired) electrons. The van der Waals surface area contributed by atoms with E-state index in [1.54, 1.807) is 13.2 Å². The maximum Gasteiger partial charge on any atom is 0.235 e. The number of isocyanates is 1. The van der Waals surface area contributed by atoms with Gasteiger partial charge in [-0.15, -0.1) is 0 Å². The lowest BCUT2D eigenvalue weighted by Gasteiger charge is -2.30. The molecular weight excluding hydrogens is 154 g/mol. The van der Waals surface area contributed by atoms with E-state index in [0.29, 0.717) is 5.92 Å². The molecule has 0 bridgehead atoms. The lowest BCUT2D eigenvalue weighted by Crippen LogP contribution is -2.31. The van der Waals surface area contributed by atoms with E-state index in [4.69, 9.17) is 4.74 Å². The highest BCUT2D eigenvalue weighted by molar-refractivity contribution is 5.33. The molecule has 0 aliphatic heterocycles. The van der Waals surface area contributed by atoms with Gasteiger partial charge in [-0.1, -0.05) is 6.92 Å². The summed E-state index contributed by atoms with van der Waals surface area (Å²) in [5, 5.41) is 0. The minimum atomic E-state index is 0.142. The lowest BCUT2D eigenvalue weighted by atomic mass is 9.85. The van der Waals surface area contributed by atoms with Gasteiger partial charge in [0.2, 0.25) is 6.08 Å². The number of rotatable bonds is 2. The van der Waals surface area contributed by atoms with Crippen LogP contribution in [0.2, 0.25) is 0 Å². The molecule has 68 valence electrons. The van der Waals surface area contributed by atoms with Gasteiger partial charge in [0, 0.05) is 7.11 Å². The third-order valence-electron chi connectivity index (χ3n) is 2.63. The van der Waals surface area contributed by atoms with Crippen molar-refractivity contribution in [3.05, 3.63) is 0 Å². The van der Waals surface area contributed by atoms with Crippen LogP contribution in [0, 0.1) is 5.92 Å². The molecule has 3 nitrogen and oxygen atoms in total. The Bertz CT molecular complexity index is 187. The van der Waals surface area contributed by atoms with Crippen LogP contribution in [-0.2, 0) is 9.53 Å². The van der Waals surface area contributed by atoms with Crippen LogP contribution in [-0.4, -0.2) is 25.3 Å². The number of nitrogens with zero attached hydrogens (tertiary/aromatic N) is 1. The van der Waals surface area contributed by atoms with Gasteiger partial charge >= 0.3 is 0 Å². The minimum Gasteiger partial charge on any atom is -0.381 e. The maximum absolute atomic E-state index is 10.0. The van der Waals surface area contributed by atoms with Gasteiger partial charge in [0.25, 0.3) is 0 Å². The third kappa shape index (κ3) is 2.16.